The maximum absolute atomic E-state index is 4.59. The molecule has 6 aromatic carbocycles. The lowest BCUT2D eigenvalue weighted by molar-refractivity contribution is 1.31. The Labute approximate surface area is 323 Å². The monoisotopic (exact) mass is 701 g/mol. The second-order valence-electron chi connectivity index (χ2n) is 13.3. The zero-order valence-electron chi connectivity index (χ0n) is 32.4. The van der Waals surface area contributed by atoms with Gasteiger partial charge in [0.2, 0.25) is 0 Å². The number of hydrogen-bond acceptors (Lipinski definition) is 1. The smallest absolute Gasteiger partial charge is 0.0649 e. The van der Waals surface area contributed by atoms with Gasteiger partial charge in [0.05, 0.1) is 5.71 Å². The third-order valence-corrected chi connectivity index (χ3v) is 9.43. The molecule has 0 spiro atoms. The van der Waals surface area contributed by atoms with E-state index >= 15 is 0 Å². The molecule has 0 aromatic heterocycles. The van der Waals surface area contributed by atoms with Gasteiger partial charge in [0, 0.05) is 12.6 Å². The van der Waals surface area contributed by atoms with Crippen LogP contribution in [0.3, 0.4) is 0 Å². The molecule has 54 heavy (non-hydrogen) atoms. The molecule has 0 saturated heterocycles. The SMILES string of the molecule is C/C=C\c1ccccc1C.C1=Cc2ccccc2C1.C=C.CN=C1C=CC=C/C1=C(/c1ccc(-c2cc(C)cc(C)c2)cc1)c1cccc2ccccc12. The average molecular weight is 702 g/mol. The Balaban J connectivity index is 0.000000216. The molecule has 2 aliphatic carbocycles. The molecular weight excluding hydrogens is 651 g/mol. The molecule has 0 unspecified atom stereocenters. The Bertz CT molecular complexity index is 2350. The van der Waals surface area contributed by atoms with Gasteiger partial charge in [-0.3, -0.25) is 4.99 Å². The largest absolute Gasteiger partial charge is 0.288 e. The lowest BCUT2D eigenvalue weighted by Gasteiger charge is -2.18. The number of aliphatic imine (C=N–C) groups is 1. The van der Waals surface area contributed by atoms with Gasteiger partial charge in [-0.05, 0) is 101 Å². The molecule has 1 nitrogen and oxygen atoms in total. The Morgan fingerprint density at radius 3 is 2.04 bits per heavy atom. The van der Waals surface area contributed by atoms with E-state index in [4.69, 9.17) is 0 Å². The first-order valence-electron chi connectivity index (χ1n) is 18.6. The summed E-state index contributed by atoms with van der Waals surface area (Å²) in [4.78, 5) is 4.59. The van der Waals surface area contributed by atoms with Gasteiger partial charge < -0.3 is 0 Å². The molecule has 0 heterocycles. The van der Waals surface area contributed by atoms with Crippen LogP contribution in [0.2, 0.25) is 0 Å². The van der Waals surface area contributed by atoms with E-state index in [0.29, 0.717) is 0 Å². The fourth-order valence-electron chi connectivity index (χ4n) is 6.90. The van der Waals surface area contributed by atoms with Crippen molar-refractivity contribution in [3.63, 3.8) is 0 Å². The minimum atomic E-state index is 0.999. The van der Waals surface area contributed by atoms with Crippen LogP contribution in [0.25, 0.3) is 39.6 Å². The molecule has 0 saturated carbocycles. The fourth-order valence-corrected chi connectivity index (χ4v) is 6.90. The van der Waals surface area contributed by atoms with E-state index in [2.05, 4.69) is 221 Å². The number of aryl methyl sites for hydroxylation is 3. The number of benzene rings is 6. The minimum Gasteiger partial charge on any atom is -0.288 e. The van der Waals surface area contributed by atoms with Crippen LogP contribution in [0, 0.1) is 20.8 Å². The van der Waals surface area contributed by atoms with E-state index < -0.39 is 0 Å². The van der Waals surface area contributed by atoms with Gasteiger partial charge in [-0.2, -0.15) is 0 Å². The van der Waals surface area contributed by atoms with Crippen molar-refractivity contribution in [3.8, 4) is 11.1 Å². The van der Waals surface area contributed by atoms with Gasteiger partial charge in [-0.15, -0.1) is 13.2 Å². The van der Waals surface area contributed by atoms with Crippen LogP contribution in [0.5, 0.6) is 0 Å². The highest BCUT2D eigenvalue weighted by molar-refractivity contribution is 6.19. The van der Waals surface area contributed by atoms with Crippen molar-refractivity contribution in [2.45, 2.75) is 34.1 Å². The summed E-state index contributed by atoms with van der Waals surface area (Å²) in [5.41, 5.74) is 16.3. The lowest BCUT2D eigenvalue weighted by atomic mass is 9.86. The highest BCUT2D eigenvalue weighted by Crippen LogP contribution is 2.35. The predicted octanol–water partition coefficient (Wildman–Crippen LogP) is 14.2. The van der Waals surface area contributed by atoms with E-state index in [9.17, 15) is 0 Å². The van der Waals surface area contributed by atoms with Crippen LogP contribution in [-0.4, -0.2) is 12.8 Å². The average Bonchev–Trinajstić information content (AvgIpc) is 3.70. The summed E-state index contributed by atoms with van der Waals surface area (Å²) >= 11 is 0. The Morgan fingerprint density at radius 1 is 0.648 bits per heavy atom. The molecule has 0 radical (unpaired) electrons. The topological polar surface area (TPSA) is 12.4 Å². The molecule has 0 N–H and O–H groups in total. The van der Waals surface area contributed by atoms with Crippen molar-refractivity contribution in [1.82, 2.24) is 0 Å². The van der Waals surface area contributed by atoms with E-state index in [-0.39, 0.29) is 0 Å². The first-order valence-corrected chi connectivity index (χ1v) is 18.6. The molecule has 0 bridgehead atoms. The number of allylic oxidation sites excluding steroid dienone is 7. The highest BCUT2D eigenvalue weighted by atomic mass is 14.7. The summed E-state index contributed by atoms with van der Waals surface area (Å²) in [6.45, 7) is 14.5. The van der Waals surface area contributed by atoms with Gasteiger partial charge in [-0.1, -0.05) is 187 Å². The third kappa shape index (κ3) is 9.76. The Hall–Kier alpha value is -6.31. The molecule has 0 amide bonds. The quantitative estimate of drug-likeness (QED) is 0.162. The minimum absolute atomic E-state index is 0.999. The second-order valence-corrected chi connectivity index (χ2v) is 13.3. The molecular formula is C53H51N. The summed E-state index contributed by atoms with van der Waals surface area (Å²) in [6, 6.07) is 47.7. The first kappa shape index (κ1) is 38.9. The molecule has 1 heteroatoms. The van der Waals surface area contributed by atoms with E-state index in [1.165, 1.54) is 72.0 Å². The number of rotatable bonds is 4. The Morgan fingerprint density at radius 2 is 1.31 bits per heavy atom. The lowest BCUT2D eigenvalue weighted by Crippen LogP contribution is -2.05. The standard InChI is InChI=1S/C32H27N.C10H12.C9H8.C2H4/c1-22-19-23(2)21-27(20-22)24-15-17-26(18-16-24)32(30-12-6-7-14-31(30)33-3)29-13-8-10-25-9-4-5-11-28(25)29;1-3-6-10-8-5-4-7-9(10)2;1-2-5-9-7-3-6-8(9)4-1;1-2/h4-21H,1-3H3;3-8H,1-2H3;1-6H,7H2;1-2H2/b32-30+,33-31?;6-3-;;. The zero-order valence-corrected chi connectivity index (χ0v) is 32.4. The zero-order chi connectivity index (χ0) is 38.3. The molecule has 0 aliphatic heterocycles. The summed E-state index contributed by atoms with van der Waals surface area (Å²) in [7, 11) is 1.86. The Kier molecular flexibility index (Phi) is 14.1. The van der Waals surface area contributed by atoms with E-state index in [1.54, 1.807) is 0 Å². The maximum Gasteiger partial charge on any atom is 0.0649 e. The van der Waals surface area contributed by atoms with Gasteiger partial charge in [0.1, 0.15) is 0 Å². The molecule has 8 rings (SSSR count). The number of hydrogen-bond donors (Lipinski definition) is 0. The van der Waals surface area contributed by atoms with Crippen LogP contribution in [0.15, 0.2) is 194 Å². The summed E-state index contributed by atoms with van der Waals surface area (Å²) in [6.07, 6.45) is 18.1. The predicted molar refractivity (Wildman–Crippen MR) is 239 cm³/mol. The third-order valence-electron chi connectivity index (χ3n) is 9.43. The van der Waals surface area contributed by atoms with Crippen molar-refractivity contribution >= 4 is 34.2 Å². The van der Waals surface area contributed by atoms with E-state index in [0.717, 1.165) is 17.7 Å². The highest BCUT2D eigenvalue weighted by Gasteiger charge is 2.17. The molecule has 268 valence electrons. The van der Waals surface area contributed by atoms with Gasteiger partial charge in [0.25, 0.3) is 0 Å². The molecule has 0 fully saturated rings. The summed E-state index contributed by atoms with van der Waals surface area (Å²) in [5.74, 6) is 0. The van der Waals surface area contributed by atoms with Gasteiger partial charge in [0.15, 0.2) is 0 Å². The molecule has 6 aromatic rings. The first-order chi connectivity index (χ1) is 26.4. The number of nitrogens with zero attached hydrogens (tertiary/aromatic N) is 1. The van der Waals surface area contributed by atoms with Gasteiger partial charge in [-0.25, -0.2) is 0 Å². The van der Waals surface area contributed by atoms with Crippen molar-refractivity contribution in [3.05, 3.63) is 233 Å². The number of fused-ring (bicyclic) bond motifs is 2. The van der Waals surface area contributed by atoms with Crippen LogP contribution in [0.1, 0.15) is 51.4 Å². The molecule has 2 aliphatic rings. The van der Waals surface area contributed by atoms with E-state index in [1.807, 2.05) is 14.0 Å². The van der Waals surface area contributed by atoms with Crippen molar-refractivity contribution in [2.24, 2.45) is 4.99 Å². The van der Waals surface area contributed by atoms with Crippen LogP contribution < -0.4 is 0 Å². The van der Waals surface area contributed by atoms with Crippen molar-refractivity contribution < 1.29 is 0 Å². The van der Waals surface area contributed by atoms with Crippen LogP contribution >= 0.6 is 0 Å². The van der Waals surface area contributed by atoms with Crippen LogP contribution in [0.4, 0.5) is 0 Å². The summed E-state index contributed by atoms with van der Waals surface area (Å²) < 4.78 is 0. The normalized spacial score (nSPS) is 14.1. The maximum atomic E-state index is 4.59. The summed E-state index contributed by atoms with van der Waals surface area (Å²) in [5, 5.41) is 2.49. The van der Waals surface area contributed by atoms with Crippen LogP contribution in [-0.2, 0) is 6.42 Å². The fraction of sp³-hybridized carbons (Fsp3) is 0.113. The second kappa shape index (κ2) is 19.5. The molecule has 0 atom stereocenters. The van der Waals surface area contributed by atoms with Gasteiger partial charge >= 0.3 is 0 Å². The van der Waals surface area contributed by atoms with Crippen molar-refractivity contribution in [2.75, 3.05) is 7.05 Å². The van der Waals surface area contributed by atoms with Crippen molar-refractivity contribution in [1.29, 1.82) is 0 Å².